The van der Waals surface area contributed by atoms with Gasteiger partial charge in [0.1, 0.15) is 6.04 Å². The fourth-order valence-electron chi connectivity index (χ4n) is 1.82. The number of non-ortho nitro benzene ring substituents is 1. The van der Waals surface area contributed by atoms with E-state index in [0.717, 1.165) is 28.6 Å². The Morgan fingerprint density at radius 2 is 1.90 bits per heavy atom. The highest BCUT2D eigenvalue weighted by Crippen LogP contribution is 2.21. The highest BCUT2D eigenvalue weighted by atomic mass is 32.2. The Bertz CT molecular complexity index is 626. The maximum atomic E-state index is 12.5. The average Bonchev–Trinajstić information content (AvgIpc) is 2.46. The zero-order valence-corrected chi connectivity index (χ0v) is 12.7. The number of likely N-dealkylation sites (N-methyl/N-ethyl adjacent to an activating group) is 1. The number of benzene rings is 1. The van der Waals surface area contributed by atoms with Gasteiger partial charge in [0, 0.05) is 18.7 Å². The molecule has 0 aliphatic heterocycles. The van der Waals surface area contributed by atoms with Crippen LogP contribution in [0, 0.1) is 10.1 Å². The molecule has 0 saturated heterocycles. The molecule has 116 valence electrons. The van der Waals surface area contributed by atoms with E-state index in [-0.39, 0.29) is 17.1 Å². The van der Waals surface area contributed by atoms with Crippen molar-refractivity contribution in [3.05, 3.63) is 34.4 Å². The molecule has 1 aromatic rings. The van der Waals surface area contributed by atoms with E-state index in [1.807, 2.05) is 0 Å². The highest BCUT2D eigenvalue weighted by Gasteiger charge is 2.32. The second-order valence-electron chi connectivity index (χ2n) is 4.16. The van der Waals surface area contributed by atoms with E-state index in [4.69, 9.17) is 0 Å². The maximum absolute atomic E-state index is 12.5. The third-order valence-corrected chi connectivity index (χ3v) is 5.00. The van der Waals surface area contributed by atoms with Gasteiger partial charge in [0.25, 0.3) is 5.69 Å². The van der Waals surface area contributed by atoms with E-state index in [1.165, 1.54) is 14.0 Å². The zero-order chi connectivity index (χ0) is 16.2. The number of carbonyl (C=O) groups is 1. The molecular formula is C12H16N2O6S. The van der Waals surface area contributed by atoms with Crippen LogP contribution in [0.1, 0.15) is 13.8 Å². The van der Waals surface area contributed by atoms with Gasteiger partial charge in [-0.25, -0.2) is 8.42 Å². The van der Waals surface area contributed by atoms with Crippen LogP contribution in [0.3, 0.4) is 0 Å². The Hall–Kier alpha value is -2.00. The third-order valence-electron chi connectivity index (χ3n) is 2.94. The first kappa shape index (κ1) is 17.1. The van der Waals surface area contributed by atoms with Gasteiger partial charge in [-0.15, -0.1) is 0 Å². The summed E-state index contributed by atoms with van der Waals surface area (Å²) in [7, 11) is -2.77. The lowest BCUT2D eigenvalue weighted by atomic mass is 10.3. The Labute approximate surface area is 122 Å². The number of nitrogens with zero attached hydrogens (tertiary/aromatic N) is 2. The van der Waals surface area contributed by atoms with Crippen molar-refractivity contribution in [2.24, 2.45) is 0 Å². The van der Waals surface area contributed by atoms with Crippen molar-refractivity contribution in [2.75, 3.05) is 13.7 Å². The number of ether oxygens (including phenoxy) is 1. The van der Waals surface area contributed by atoms with Crippen LogP contribution < -0.4 is 0 Å². The second kappa shape index (κ2) is 6.64. The molecule has 0 aliphatic rings. The Kier molecular flexibility index (Phi) is 5.39. The topological polar surface area (TPSA) is 107 Å². The van der Waals surface area contributed by atoms with Crippen LogP contribution in [0.4, 0.5) is 5.69 Å². The molecule has 0 unspecified atom stereocenters. The average molecular weight is 316 g/mol. The molecule has 1 aromatic carbocycles. The normalized spacial score (nSPS) is 13.0. The fourth-order valence-corrected chi connectivity index (χ4v) is 3.41. The van der Waals surface area contributed by atoms with E-state index in [9.17, 15) is 23.3 Å². The van der Waals surface area contributed by atoms with Crippen molar-refractivity contribution in [1.29, 1.82) is 0 Å². The summed E-state index contributed by atoms with van der Waals surface area (Å²) in [6, 6.07) is 3.49. The van der Waals surface area contributed by atoms with Crippen LogP contribution in [0.15, 0.2) is 29.2 Å². The molecule has 1 rings (SSSR count). The Morgan fingerprint density at radius 1 is 1.38 bits per heavy atom. The van der Waals surface area contributed by atoms with E-state index in [2.05, 4.69) is 4.74 Å². The molecule has 0 heterocycles. The molecule has 0 bridgehead atoms. The van der Waals surface area contributed by atoms with E-state index in [1.54, 1.807) is 6.92 Å². The van der Waals surface area contributed by atoms with Crippen LogP contribution in [0.5, 0.6) is 0 Å². The quantitative estimate of drug-likeness (QED) is 0.443. The Balaban J connectivity index is 3.18. The fraction of sp³-hybridized carbons (Fsp3) is 0.417. The number of rotatable bonds is 6. The van der Waals surface area contributed by atoms with Crippen molar-refractivity contribution in [3.63, 3.8) is 0 Å². The molecule has 21 heavy (non-hydrogen) atoms. The van der Waals surface area contributed by atoms with Crippen molar-refractivity contribution >= 4 is 21.7 Å². The van der Waals surface area contributed by atoms with Gasteiger partial charge in [-0.2, -0.15) is 4.31 Å². The molecule has 0 saturated carbocycles. The van der Waals surface area contributed by atoms with Gasteiger partial charge >= 0.3 is 5.97 Å². The summed E-state index contributed by atoms with van der Waals surface area (Å²) in [5.74, 6) is -0.678. The minimum absolute atomic E-state index is 0.0651. The van der Waals surface area contributed by atoms with Crippen LogP contribution in [-0.4, -0.2) is 43.3 Å². The Morgan fingerprint density at radius 3 is 2.29 bits per heavy atom. The number of sulfonamides is 1. The number of nitro benzene ring substituents is 1. The molecule has 0 amide bonds. The van der Waals surface area contributed by atoms with Crippen molar-refractivity contribution in [2.45, 2.75) is 24.8 Å². The lowest BCUT2D eigenvalue weighted by Gasteiger charge is -2.25. The number of hydrogen-bond acceptors (Lipinski definition) is 6. The predicted octanol–water partition coefficient (Wildman–Crippen LogP) is 1.17. The molecule has 1 atom stereocenters. The van der Waals surface area contributed by atoms with Crippen LogP contribution >= 0.6 is 0 Å². The molecule has 0 spiro atoms. The number of hydrogen-bond donors (Lipinski definition) is 0. The van der Waals surface area contributed by atoms with Gasteiger partial charge in [-0.1, -0.05) is 6.92 Å². The van der Waals surface area contributed by atoms with Crippen molar-refractivity contribution < 1.29 is 22.9 Å². The van der Waals surface area contributed by atoms with Crippen molar-refractivity contribution in [3.8, 4) is 0 Å². The van der Waals surface area contributed by atoms with Crippen LogP contribution in [0.2, 0.25) is 0 Å². The SMILES string of the molecule is CCN([C@@H](C)C(=O)OC)S(=O)(=O)c1ccc([N+](=O)[O-])cc1. The minimum Gasteiger partial charge on any atom is -0.468 e. The number of esters is 1. The lowest BCUT2D eigenvalue weighted by molar-refractivity contribution is -0.384. The van der Waals surface area contributed by atoms with Gasteiger partial charge in [0.2, 0.25) is 10.0 Å². The summed E-state index contributed by atoms with van der Waals surface area (Å²) in [6.45, 7) is 3.07. The molecule has 9 heteroatoms. The summed E-state index contributed by atoms with van der Waals surface area (Å²) in [5, 5.41) is 10.6. The third kappa shape index (κ3) is 3.56. The largest absolute Gasteiger partial charge is 0.468 e. The van der Waals surface area contributed by atoms with Crippen molar-refractivity contribution in [1.82, 2.24) is 4.31 Å². The van der Waals surface area contributed by atoms with Crippen LogP contribution in [0.25, 0.3) is 0 Å². The van der Waals surface area contributed by atoms with E-state index in [0.29, 0.717) is 0 Å². The lowest BCUT2D eigenvalue weighted by Crippen LogP contribution is -2.43. The standard InChI is InChI=1S/C12H16N2O6S/c1-4-13(9(2)12(15)20-3)21(18,19)11-7-5-10(6-8-11)14(16)17/h5-9H,4H2,1-3H3/t9-/m0/s1. The molecule has 8 nitrogen and oxygen atoms in total. The van der Waals surface area contributed by atoms with Crippen LogP contribution in [-0.2, 0) is 19.6 Å². The van der Waals surface area contributed by atoms with Gasteiger partial charge in [0.15, 0.2) is 0 Å². The van der Waals surface area contributed by atoms with Gasteiger partial charge in [0.05, 0.1) is 16.9 Å². The van der Waals surface area contributed by atoms with E-state index >= 15 is 0 Å². The van der Waals surface area contributed by atoms with Gasteiger partial charge < -0.3 is 4.74 Å². The molecular weight excluding hydrogens is 300 g/mol. The first-order chi connectivity index (χ1) is 9.75. The number of nitro groups is 1. The van der Waals surface area contributed by atoms with Gasteiger partial charge in [-0.3, -0.25) is 14.9 Å². The zero-order valence-electron chi connectivity index (χ0n) is 11.8. The summed E-state index contributed by atoms with van der Waals surface area (Å²) >= 11 is 0. The molecule has 0 fully saturated rings. The smallest absolute Gasteiger partial charge is 0.323 e. The summed E-state index contributed by atoms with van der Waals surface area (Å²) in [5.41, 5.74) is -0.210. The first-order valence-corrected chi connectivity index (χ1v) is 7.53. The number of methoxy groups -OCH3 is 1. The molecule has 0 radical (unpaired) electrons. The summed E-state index contributed by atoms with van der Waals surface area (Å²) in [6.07, 6.45) is 0. The maximum Gasteiger partial charge on any atom is 0.323 e. The summed E-state index contributed by atoms with van der Waals surface area (Å²) in [4.78, 5) is 21.3. The number of carbonyl (C=O) groups excluding carboxylic acids is 1. The highest BCUT2D eigenvalue weighted by molar-refractivity contribution is 7.89. The second-order valence-corrected chi connectivity index (χ2v) is 6.05. The first-order valence-electron chi connectivity index (χ1n) is 6.09. The molecule has 0 N–H and O–H groups in total. The molecule has 0 aliphatic carbocycles. The van der Waals surface area contributed by atoms with Gasteiger partial charge in [-0.05, 0) is 19.1 Å². The minimum atomic E-state index is -3.94. The summed E-state index contributed by atoms with van der Waals surface area (Å²) < 4.78 is 30.4. The van der Waals surface area contributed by atoms with E-state index < -0.39 is 27.0 Å². The molecule has 0 aromatic heterocycles. The predicted molar refractivity (Wildman–Crippen MR) is 74.1 cm³/mol. The monoisotopic (exact) mass is 316 g/mol.